The first-order valence-electron chi connectivity index (χ1n) is 5.59. The maximum absolute atomic E-state index is 12.2. The molecule has 86 valence electrons. The van der Waals surface area contributed by atoms with E-state index in [4.69, 9.17) is 0 Å². The second-order valence-electron chi connectivity index (χ2n) is 4.21. The zero-order chi connectivity index (χ0) is 12.0. The molecule has 1 N–H and O–H groups in total. The van der Waals surface area contributed by atoms with Gasteiger partial charge in [-0.15, -0.1) is 0 Å². The van der Waals surface area contributed by atoms with E-state index in [9.17, 15) is 9.59 Å². The highest BCUT2D eigenvalue weighted by molar-refractivity contribution is 5.97. The number of aryl methyl sites for hydroxylation is 2. The molecule has 1 amide bonds. The highest BCUT2D eigenvalue weighted by Crippen LogP contribution is 2.23. The number of carbonyl (C=O) groups is 1. The Hall–Kier alpha value is -2.10. The number of nitrogens with one attached hydrogen (secondary N) is 1. The van der Waals surface area contributed by atoms with Gasteiger partial charge in [-0.25, -0.2) is 0 Å². The number of aromatic nitrogens is 1. The fraction of sp³-hybridized carbons (Fsp3) is 0.231. The van der Waals surface area contributed by atoms with Crippen LogP contribution in [0.25, 0.3) is 10.9 Å². The van der Waals surface area contributed by atoms with E-state index < -0.39 is 0 Å². The Morgan fingerprint density at radius 3 is 3.00 bits per heavy atom. The van der Waals surface area contributed by atoms with Crippen molar-refractivity contribution >= 4 is 16.8 Å². The first-order chi connectivity index (χ1) is 8.22. The van der Waals surface area contributed by atoms with Crippen LogP contribution in [0.5, 0.6) is 0 Å². The van der Waals surface area contributed by atoms with Crippen molar-refractivity contribution in [1.82, 2.24) is 9.88 Å². The third-order valence-corrected chi connectivity index (χ3v) is 3.27. The highest BCUT2D eigenvalue weighted by atomic mass is 16.2. The van der Waals surface area contributed by atoms with Gasteiger partial charge in [0, 0.05) is 25.2 Å². The molecule has 0 spiro atoms. The quantitative estimate of drug-likeness (QED) is 0.789. The molecule has 0 aliphatic carbocycles. The molecular formula is C13H12N2O2. The third-order valence-electron chi connectivity index (χ3n) is 3.27. The number of hydrogen-bond acceptors (Lipinski definition) is 2. The van der Waals surface area contributed by atoms with E-state index in [2.05, 4.69) is 5.32 Å². The molecule has 1 aliphatic rings. The number of para-hydroxylation sites is 1. The van der Waals surface area contributed by atoms with Crippen molar-refractivity contribution in [2.24, 2.45) is 0 Å². The van der Waals surface area contributed by atoms with E-state index in [0.717, 1.165) is 18.5 Å². The number of amides is 1. The molecule has 2 heterocycles. The normalized spacial score (nSPS) is 13.0. The molecule has 0 radical (unpaired) electrons. The van der Waals surface area contributed by atoms with Crippen molar-refractivity contribution in [1.29, 1.82) is 0 Å². The van der Waals surface area contributed by atoms with E-state index in [1.807, 2.05) is 16.7 Å². The van der Waals surface area contributed by atoms with Crippen molar-refractivity contribution in [3.63, 3.8) is 0 Å². The molecular weight excluding hydrogens is 216 g/mol. The Bertz CT molecular complexity index is 686. The van der Waals surface area contributed by atoms with Gasteiger partial charge in [0.2, 0.25) is 5.43 Å². The topological polar surface area (TPSA) is 51.1 Å². The SMILES string of the molecule is CNC(=O)c1cn2c3c(cccc3c1=O)CC2. The number of carbonyl (C=O) groups excluding carboxylic acids is 1. The van der Waals surface area contributed by atoms with Gasteiger partial charge in [-0.2, -0.15) is 0 Å². The average molecular weight is 228 g/mol. The van der Waals surface area contributed by atoms with Crippen LogP contribution in [0.3, 0.4) is 0 Å². The molecule has 17 heavy (non-hydrogen) atoms. The molecule has 4 nitrogen and oxygen atoms in total. The molecule has 0 saturated carbocycles. The van der Waals surface area contributed by atoms with E-state index in [-0.39, 0.29) is 16.9 Å². The monoisotopic (exact) mass is 228 g/mol. The standard InChI is InChI=1S/C13H12N2O2/c1-14-13(17)10-7-15-6-5-8-3-2-4-9(11(8)15)12(10)16/h2-4,7H,5-6H2,1H3,(H,14,17). The summed E-state index contributed by atoms with van der Waals surface area (Å²) in [6.45, 7) is 0.833. The minimum atomic E-state index is -0.321. The predicted octanol–water partition coefficient (Wildman–Crippen LogP) is 0.917. The lowest BCUT2D eigenvalue weighted by Gasteiger charge is -2.07. The molecule has 0 atom stereocenters. The fourth-order valence-corrected chi connectivity index (χ4v) is 2.45. The molecule has 0 saturated heterocycles. The van der Waals surface area contributed by atoms with Crippen LogP contribution in [-0.2, 0) is 13.0 Å². The summed E-state index contributed by atoms with van der Waals surface area (Å²) in [5.74, 6) is -0.321. The van der Waals surface area contributed by atoms with Crippen molar-refractivity contribution in [3.8, 4) is 0 Å². The lowest BCUT2D eigenvalue weighted by Crippen LogP contribution is -2.26. The number of hydrogen-bond donors (Lipinski definition) is 1. The van der Waals surface area contributed by atoms with Crippen LogP contribution in [0.15, 0.2) is 29.2 Å². The van der Waals surface area contributed by atoms with Gasteiger partial charge in [0.15, 0.2) is 0 Å². The van der Waals surface area contributed by atoms with Gasteiger partial charge in [0.1, 0.15) is 5.56 Å². The molecule has 0 fully saturated rings. The Morgan fingerprint density at radius 1 is 1.41 bits per heavy atom. The van der Waals surface area contributed by atoms with Crippen LogP contribution in [0.1, 0.15) is 15.9 Å². The molecule has 4 heteroatoms. The van der Waals surface area contributed by atoms with Gasteiger partial charge in [-0.1, -0.05) is 12.1 Å². The predicted molar refractivity (Wildman–Crippen MR) is 65.3 cm³/mol. The lowest BCUT2D eigenvalue weighted by molar-refractivity contribution is 0.0961. The van der Waals surface area contributed by atoms with Gasteiger partial charge in [0.25, 0.3) is 5.91 Å². The van der Waals surface area contributed by atoms with E-state index in [0.29, 0.717) is 5.39 Å². The smallest absolute Gasteiger partial charge is 0.256 e. The summed E-state index contributed by atoms with van der Waals surface area (Å²) in [5, 5.41) is 3.14. The van der Waals surface area contributed by atoms with Crippen molar-refractivity contribution in [2.75, 3.05) is 7.05 Å². The van der Waals surface area contributed by atoms with Crippen LogP contribution >= 0.6 is 0 Å². The van der Waals surface area contributed by atoms with Gasteiger partial charge < -0.3 is 9.88 Å². The summed E-state index contributed by atoms with van der Waals surface area (Å²) in [6, 6.07) is 5.70. The molecule has 1 aliphatic heterocycles. The van der Waals surface area contributed by atoms with Gasteiger partial charge >= 0.3 is 0 Å². The second kappa shape index (κ2) is 3.45. The fourth-order valence-electron chi connectivity index (χ4n) is 2.45. The Balaban J connectivity index is 2.43. The first-order valence-corrected chi connectivity index (χ1v) is 5.59. The largest absolute Gasteiger partial charge is 0.355 e. The van der Waals surface area contributed by atoms with Gasteiger partial charge in [-0.3, -0.25) is 9.59 Å². The number of rotatable bonds is 1. The van der Waals surface area contributed by atoms with E-state index in [1.54, 1.807) is 12.3 Å². The molecule has 3 rings (SSSR count). The van der Waals surface area contributed by atoms with Crippen molar-refractivity contribution < 1.29 is 4.79 Å². The van der Waals surface area contributed by atoms with E-state index in [1.165, 1.54) is 12.6 Å². The summed E-state index contributed by atoms with van der Waals surface area (Å²) < 4.78 is 2.00. The van der Waals surface area contributed by atoms with Crippen LogP contribution in [0.2, 0.25) is 0 Å². The molecule has 1 aromatic heterocycles. The minimum Gasteiger partial charge on any atom is -0.355 e. The second-order valence-corrected chi connectivity index (χ2v) is 4.21. The molecule has 1 aromatic carbocycles. The maximum atomic E-state index is 12.2. The highest BCUT2D eigenvalue weighted by Gasteiger charge is 2.19. The number of pyridine rings is 1. The van der Waals surface area contributed by atoms with Gasteiger partial charge in [0.05, 0.1) is 5.52 Å². The summed E-state index contributed by atoms with van der Waals surface area (Å²) >= 11 is 0. The lowest BCUT2D eigenvalue weighted by atomic mass is 10.1. The summed E-state index contributed by atoms with van der Waals surface area (Å²) in [6.07, 6.45) is 2.59. The average Bonchev–Trinajstić information content (AvgIpc) is 2.77. The number of benzene rings is 1. The Morgan fingerprint density at radius 2 is 2.24 bits per heavy atom. The first kappa shape index (κ1) is 10.1. The summed E-state index contributed by atoms with van der Waals surface area (Å²) in [7, 11) is 1.53. The molecule has 0 unspecified atom stereocenters. The van der Waals surface area contributed by atoms with Crippen LogP contribution in [0, 0.1) is 0 Å². The number of nitrogens with zero attached hydrogens (tertiary/aromatic N) is 1. The summed E-state index contributed by atoms with van der Waals surface area (Å²) in [4.78, 5) is 23.8. The third kappa shape index (κ3) is 1.30. The molecule has 2 aromatic rings. The van der Waals surface area contributed by atoms with Crippen LogP contribution < -0.4 is 10.7 Å². The van der Waals surface area contributed by atoms with Gasteiger partial charge in [-0.05, 0) is 18.1 Å². The Labute approximate surface area is 97.9 Å². The van der Waals surface area contributed by atoms with Crippen molar-refractivity contribution in [3.05, 3.63) is 45.7 Å². The summed E-state index contributed by atoms with van der Waals surface area (Å²) in [5.41, 5.74) is 2.20. The maximum Gasteiger partial charge on any atom is 0.256 e. The van der Waals surface area contributed by atoms with Crippen LogP contribution in [0.4, 0.5) is 0 Å². The van der Waals surface area contributed by atoms with Crippen LogP contribution in [-0.4, -0.2) is 17.5 Å². The van der Waals surface area contributed by atoms with E-state index >= 15 is 0 Å². The zero-order valence-corrected chi connectivity index (χ0v) is 9.49. The van der Waals surface area contributed by atoms with Crippen molar-refractivity contribution in [2.45, 2.75) is 13.0 Å². The molecule has 0 bridgehead atoms. The Kier molecular flexibility index (Phi) is 2.04. The minimum absolute atomic E-state index is 0.181. The zero-order valence-electron chi connectivity index (χ0n) is 9.49.